The van der Waals surface area contributed by atoms with Crippen molar-refractivity contribution in [2.24, 2.45) is 23.7 Å². The molecule has 0 spiro atoms. The molecule has 9 nitrogen and oxygen atoms in total. The lowest BCUT2D eigenvalue weighted by Gasteiger charge is -2.20. The van der Waals surface area contributed by atoms with E-state index in [2.05, 4.69) is 80.1 Å². The minimum absolute atomic E-state index is 0. The number of carbonyl (C=O) groups excluding carboxylic acids is 2. The van der Waals surface area contributed by atoms with Crippen LogP contribution in [-0.2, 0) is 28.6 Å². The van der Waals surface area contributed by atoms with Crippen molar-refractivity contribution in [1.29, 1.82) is 0 Å². The summed E-state index contributed by atoms with van der Waals surface area (Å²) >= 11 is 0. The number of carboxylic acids is 1. The van der Waals surface area contributed by atoms with Gasteiger partial charge in [-0.3, -0.25) is 9.59 Å². The van der Waals surface area contributed by atoms with Crippen LogP contribution in [0.3, 0.4) is 0 Å². The summed E-state index contributed by atoms with van der Waals surface area (Å²) in [7, 11) is 0. The number of nitrogens with one attached hydrogen (secondary N) is 1. The first-order valence-corrected chi connectivity index (χ1v) is 35.0. The number of carboxylic acid groups (broad SMARTS) is 1. The molecule has 0 saturated heterocycles. The van der Waals surface area contributed by atoms with Crippen LogP contribution in [0.4, 0.5) is 0 Å². The maximum Gasteiger partial charge on any atom is 0.303 e. The molecular weight excluding hydrogens is 1050 g/mol. The summed E-state index contributed by atoms with van der Waals surface area (Å²) in [6, 6.07) is 0. The molecule has 0 radical (unpaired) electrons. The highest BCUT2D eigenvalue weighted by Crippen LogP contribution is 2.31. The fourth-order valence-corrected chi connectivity index (χ4v) is 9.67. The number of hydrogen-bond acceptors (Lipinski definition) is 8. The van der Waals surface area contributed by atoms with Gasteiger partial charge in [-0.1, -0.05) is 291 Å². The van der Waals surface area contributed by atoms with Crippen molar-refractivity contribution in [3.63, 3.8) is 0 Å². The normalized spacial score (nSPS) is 14.1. The highest BCUT2D eigenvalue weighted by atomic mass is 16.5. The zero-order valence-electron chi connectivity index (χ0n) is 57.5. The minimum atomic E-state index is -0.726. The van der Waals surface area contributed by atoms with E-state index >= 15 is 0 Å². The van der Waals surface area contributed by atoms with Crippen molar-refractivity contribution >= 4 is 18.5 Å². The van der Waals surface area contributed by atoms with Crippen LogP contribution in [0.25, 0.3) is 0 Å². The van der Waals surface area contributed by atoms with Crippen LogP contribution >= 0.6 is 0 Å². The molecule has 0 aromatic carbocycles. The summed E-state index contributed by atoms with van der Waals surface area (Å²) in [4.78, 5) is 29.5. The second-order valence-corrected chi connectivity index (χ2v) is 23.1. The van der Waals surface area contributed by atoms with Crippen LogP contribution in [0.2, 0.25) is 0 Å². The minimum Gasteiger partial charge on any atom is -0.498 e. The van der Waals surface area contributed by atoms with Crippen LogP contribution in [-0.4, -0.2) is 61.3 Å². The number of Topliss-reactive ketones (excluding diaryl/α,β-unsaturated/α-hetero) is 1. The molecule has 9 heteroatoms. The van der Waals surface area contributed by atoms with Crippen molar-refractivity contribution in [2.45, 2.75) is 388 Å². The van der Waals surface area contributed by atoms with Gasteiger partial charge < -0.3 is 29.3 Å². The molecule has 1 aliphatic carbocycles. The average molecular weight is 1220 g/mol. The number of ketones is 1. The monoisotopic (exact) mass is 1210 g/mol. The fourth-order valence-electron chi connectivity index (χ4n) is 9.67. The Morgan fingerprint density at radius 1 is 0.600 bits per heavy atom. The van der Waals surface area contributed by atoms with E-state index in [9.17, 15) is 9.59 Å². The van der Waals surface area contributed by atoms with E-state index in [1.807, 2.05) is 47.5 Å². The molecule has 5 atom stereocenters. The molecule has 1 saturated carbocycles. The molecule has 3 N–H and O–H groups in total. The molecule has 5 unspecified atom stereocenters. The predicted octanol–water partition coefficient (Wildman–Crippen LogP) is 25.4. The lowest BCUT2D eigenvalue weighted by atomic mass is 9.86. The van der Waals surface area contributed by atoms with Crippen molar-refractivity contribution < 1.29 is 38.9 Å². The van der Waals surface area contributed by atoms with E-state index in [1.165, 1.54) is 193 Å². The standard InChI is InChI=1S/C23H45NO3.C14H28O3.C11H22O.2C11H22.C2H6.CH2O.3CH4/c1-5-8-9-10-11-13-16-21(4)27-20-22(6-2)19-23(7-3)26-18-15-12-14-17-24-25;1-4-6-7-8-9-12(3)17-11-13(5-2)10-14(15)16;1-3-5-6-7-8-9-10-11(12)4-2;1-3-7-11-9-6-4-5-8-10(11)2;1-3-5-7-9-11-10-8-6-4-2;2*1-2;;;/h7,22,24-25H,4-6,8-20H2,1-3H3;12-13H,4-11H2,1-3H3,(H,15,16);3-10H2,1-2H3;10-11H,3-9H2,1-2H3;3H,1,4-11H2,2H3;1-2H3;1H2;3*1H4/b23-7+;;;;;;;;;. The second-order valence-electron chi connectivity index (χ2n) is 23.1. The average Bonchev–Trinajstić information content (AvgIpc) is 3.73. The number of carbonyl (C=O) groups is 3. The maximum atomic E-state index is 10.9. The molecule has 0 aromatic rings. The summed E-state index contributed by atoms with van der Waals surface area (Å²) < 4.78 is 17.6. The van der Waals surface area contributed by atoms with Crippen molar-refractivity contribution in [3.8, 4) is 0 Å². The Hall–Kier alpha value is -2.49. The van der Waals surface area contributed by atoms with Gasteiger partial charge >= 0.3 is 5.97 Å². The number of allylic oxidation sites excluding steroid dienone is 4. The van der Waals surface area contributed by atoms with E-state index in [-0.39, 0.29) is 40.7 Å². The van der Waals surface area contributed by atoms with Gasteiger partial charge in [0.1, 0.15) is 12.6 Å². The first kappa shape index (κ1) is 101. The zero-order chi connectivity index (χ0) is 63.0. The lowest BCUT2D eigenvalue weighted by Crippen LogP contribution is -2.18. The molecule has 1 fully saturated rings. The Balaban J connectivity index is -0.000000124. The highest BCUT2D eigenvalue weighted by molar-refractivity contribution is 5.77. The number of hydroxylamine groups is 1. The largest absolute Gasteiger partial charge is 0.498 e. The van der Waals surface area contributed by atoms with E-state index in [0.29, 0.717) is 24.9 Å². The third-order valence-electron chi connectivity index (χ3n) is 15.5. The van der Waals surface area contributed by atoms with Gasteiger partial charge in [-0.05, 0) is 101 Å². The molecule has 0 aromatic heterocycles. The van der Waals surface area contributed by atoms with Gasteiger partial charge in [0.2, 0.25) is 0 Å². The van der Waals surface area contributed by atoms with Crippen molar-refractivity contribution in [1.82, 2.24) is 5.48 Å². The number of ether oxygens (including phenoxy) is 3. The molecule has 85 heavy (non-hydrogen) atoms. The van der Waals surface area contributed by atoms with Crippen LogP contribution in [0.15, 0.2) is 36.8 Å². The fraction of sp³-hybridized carbons (Fsp3) is 0.882. The second kappa shape index (κ2) is 90.3. The van der Waals surface area contributed by atoms with Gasteiger partial charge in [-0.25, -0.2) is 5.48 Å². The molecular formula is C76H159NO8. The van der Waals surface area contributed by atoms with Crippen molar-refractivity contribution in [3.05, 3.63) is 36.8 Å². The summed E-state index contributed by atoms with van der Waals surface area (Å²) in [5.41, 5.74) is 2.19. The number of rotatable bonds is 49. The molecule has 516 valence electrons. The van der Waals surface area contributed by atoms with Gasteiger partial charge in [0.25, 0.3) is 0 Å². The molecule has 0 amide bonds. The Morgan fingerprint density at radius 2 is 1.07 bits per heavy atom. The van der Waals surface area contributed by atoms with Gasteiger partial charge in [-0.15, -0.1) is 6.58 Å². The van der Waals surface area contributed by atoms with Crippen LogP contribution in [0, 0.1) is 23.7 Å². The van der Waals surface area contributed by atoms with Gasteiger partial charge in [0, 0.05) is 32.2 Å². The molecule has 0 bridgehead atoms. The van der Waals surface area contributed by atoms with Crippen molar-refractivity contribution in [2.75, 3.05) is 26.4 Å². The van der Waals surface area contributed by atoms with Gasteiger partial charge in [-0.2, -0.15) is 0 Å². The number of hydrogen-bond donors (Lipinski definition) is 3. The Bertz CT molecular complexity index is 1270. The van der Waals surface area contributed by atoms with Gasteiger partial charge in [0.05, 0.1) is 43.9 Å². The summed E-state index contributed by atoms with van der Waals surface area (Å²) in [5.74, 6) is 4.39. The smallest absolute Gasteiger partial charge is 0.303 e. The molecule has 1 rings (SSSR count). The van der Waals surface area contributed by atoms with E-state index < -0.39 is 5.97 Å². The molecule has 1 aliphatic rings. The SMILES string of the molecule is C.C.C.C=C(CCCCCCCC)OCC(CC)C/C(=C\C)OCCCCCNO.C=CCCCCCCCCC.C=O.CC.CCCC1CCCCCC1C.CCCCCCC(C)OCC(CC)CC(=O)O.CCCCCCCCC(=O)CC. The Labute approximate surface area is 535 Å². The number of unbranched alkanes of at least 4 members (excludes halogenated alkanes) is 22. The summed E-state index contributed by atoms with van der Waals surface area (Å²) in [5, 5.41) is 17.3. The first-order chi connectivity index (χ1) is 39.8. The van der Waals surface area contributed by atoms with Crippen LogP contribution in [0.1, 0.15) is 382 Å². The third-order valence-corrected chi connectivity index (χ3v) is 15.5. The predicted molar refractivity (Wildman–Crippen MR) is 380 cm³/mol. The Kier molecular flexibility index (Phi) is 108. The van der Waals surface area contributed by atoms with Crippen LogP contribution in [0.5, 0.6) is 0 Å². The summed E-state index contributed by atoms with van der Waals surface area (Å²) in [6.45, 7) is 40.5. The first-order valence-electron chi connectivity index (χ1n) is 35.0. The van der Waals surface area contributed by atoms with Crippen LogP contribution < -0.4 is 5.48 Å². The third kappa shape index (κ3) is 88.0. The Morgan fingerprint density at radius 3 is 1.54 bits per heavy atom. The quantitative estimate of drug-likeness (QED) is 0.0179. The summed E-state index contributed by atoms with van der Waals surface area (Å²) in [6.07, 6.45) is 55.9. The topological polar surface area (TPSA) is 131 Å². The van der Waals surface area contributed by atoms with E-state index in [0.717, 1.165) is 107 Å². The highest BCUT2D eigenvalue weighted by Gasteiger charge is 2.18. The lowest BCUT2D eigenvalue weighted by molar-refractivity contribution is -0.139. The van der Waals surface area contributed by atoms with Gasteiger partial charge in [0.15, 0.2) is 0 Å². The zero-order valence-corrected chi connectivity index (χ0v) is 57.5. The van der Waals surface area contributed by atoms with E-state index in [4.69, 9.17) is 29.3 Å². The maximum absolute atomic E-state index is 10.9. The number of aliphatic carboxylic acids is 1. The molecule has 0 aliphatic heterocycles. The van der Waals surface area contributed by atoms with E-state index in [1.54, 1.807) is 0 Å². The molecule has 0 heterocycles.